The molecule has 13 heavy (non-hydrogen) atoms. The summed E-state index contributed by atoms with van der Waals surface area (Å²) < 4.78 is 11.0. The Labute approximate surface area is 82.1 Å². The molecule has 1 aromatic rings. The third kappa shape index (κ3) is 2.26. The molecule has 0 heterocycles. The number of benzene rings is 1. The van der Waals surface area contributed by atoms with E-state index in [0.29, 0.717) is 4.90 Å². The van der Waals surface area contributed by atoms with Gasteiger partial charge in [0.2, 0.25) is 0 Å². The minimum Gasteiger partial charge on any atom is -0.258 e. The molecule has 4 nitrogen and oxygen atoms in total. The Morgan fingerprint density at radius 1 is 1.54 bits per heavy atom. The highest BCUT2D eigenvalue weighted by molar-refractivity contribution is 7.84. The summed E-state index contributed by atoms with van der Waals surface area (Å²) in [5, 5.41) is 10.5. The van der Waals surface area contributed by atoms with E-state index in [1.54, 1.807) is 0 Å². The first-order chi connectivity index (χ1) is 6.02. The average Bonchev–Trinajstić information content (AvgIpc) is 2.03. The third-order valence-electron chi connectivity index (χ3n) is 1.44. The maximum atomic E-state index is 11.0. The second-order valence-corrected chi connectivity index (χ2v) is 4.08. The van der Waals surface area contributed by atoms with Gasteiger partial charge in [0.25, 0.3) is 5.69 Å². The topological polar surface area (TPSA) is 60.2 Å². The molecule has 1 atom stereocenters. The summed E-state index contributed by atoms with van der Waals surface area (Å²) >= 11 is 5.67. The average molecular weight is 220 g/mol. The molecule has 0 saturated heterocycles. The van der Waals surface area contributed by atoms with Gasteiger partial charge in [0, 0.05) is 18.4 Å². The largest absolute Gasteiger partial charge is 0.270 e. The van der Waals surface area contributed by atoms with Crippen LogP contribution in [-0.4, -0.2) is 15.4 Å². The van der Waals surface area contributed by atoms with Gasteiger partial charge in [0.05, 0.1) is 25.6 Å². The van der Waals surface area contributed by atoms with E-state index in [0.717, 1.165) is 0 Å². The van der Waals surface area contributed by atoms with Crippen LogP contribution >= 0.6 is 11.6 Å². The highest BCUT2D eigenvalue weighted by Gasteiger charge is 2.10. The lowest BCUT2D eigenvalue weighted by molar-refractivity contribution is -0.384. The van der Waals surface area contributed by atoms with Crippen LogP contribution in [0, 0.1) is 10.1 Å². The van der Waals surface area contributed by atoms with Gasteiger partial charge in [-0.25, -0.2) is 0 Å². The number of hydrogen-bond donors (Lipinski definition) is 0. The molecule has 6 heteroatoms. The molecule has 0 saturated carbocycles. The molecule has 0 aliphatic heterocycles. The van der Waals surface area contributed by atoms with Crippen molar-refractivity contribution in [3.05, 3.63) is 33.3 Å². The summed E-state index contributed by atoms with van der Waals surface area (Å²) in [6.45, 7) is 0. The fraction of sp³-hybridized carbons (Fsp3) is 0.143. The molecule has 0 amide bonds. The minimum absolute atomic E-state index is 0.0980. The molecular formula is C7H6ClNO3S. The molecule has 1 rings (SSSR count). The van der Waals surface area contributed by atoms with Gasteiger partial charge in [-0.3, -0.25) is 14.3 Å². The highest BCUT2D eigenvalue weighted by Crippen LogP contribution is 2.24. The Balaban J connectivity index is 3.20. The smallest absolute Gasteiger partial charge is 0.258 e. The molecule has 0 fully saturated rings. The van der Waals surface area contributed by atoms with Crippen molar-refractivity contribution in [3.63, 3.8) is 0 Å². The Hall–Kier alpha value is -0.940. The summed E-state index contributed by atoms with van der Waals surface area (Å²) in [5.74, 6) is 0. The number of non-ortho nitro benzene ring substituents is 1. The van der Waals surface area contributed by atoms with Crippen LogP contribution in [0.4, 0.5) is 5.69 Å². The molecular weight excluding hydrogens is 214 g/mol. The number of halogens is 1. The summed E-state index contributed by atoms with van der Waals surface area (Å²) in [5.41, 5.74) is -0.0980. The second kappa shape index (κ2) is 3.85. The van der Waals surface area contributed by atoms with Crippen molar-refractivity contribution in [3.8, 4) is 0 Å². The van der Waals surface area contributed by atoms with E-state index in [1.807, 2.05) is 0 Å². The van der Waals surface area contributed by atoms with E-state index in [4.69, 9.17) is 11.6 Å². The van der Waals surface area contributed by atoms with Crippen molar-refractivity contribution in [2.24, 2.45) is 0 Å². The van der Waals surface area contributed by atoms with Crippen molar-refractivity contribution >= 4 is 28.1 Å². The van der Waals surface area contributed by atoms with Gasteiger partial charge in [-0.15, -0.1) is 0 Å². The van der Waals surface area contributed by atoms with Crippen molar-refractivity contribution in [1.29, 1.82) is 0 Å². The molecule has 0 aliphatic rings. The predicted octanol–water partition coefficient (Wildman–Crippen LogP) is 1.99. The van der Waals surface area contributed by atoms with Crippen molar-refractivity contribution in [1.82, 2.24) is 0 Å². The summed E-state index contributed by atoms with van der Waals surface area (Å²) in [7, 11) is -1.22. The van der Waals surface area contributed by atoms with Gasteiger partial charge in [0.1, 0.15) is 0 Å². The third-order valence-corrected chi connectivity index (χ3v) is 2.84. The minimum atomic E-state index is -1.22. The zero-order valence-corrected chi connectivity index (χ0v) is 8.26. The molecule has 1 aromatic carbocycles. The van der Waals surface area contributed by atoms with Crippen LogP contribution in [0.15, 0.2) is 23.1 Å². The lowest BCUT2D eigenvalue weighted by Crippen LogP contribution is -1.92. The van der Waals surface area contributed by atoms with E-state index >= 15 is 0 Å². The number of nitro groups is 1. The van der Waals surface area contributed by atoms with Crippen molar-refractivity contribution < 1.29 is 9.13 Å². The van der Waals surface area contributed by atoms with E-state index in [2.05, 4.69) is 0 Å². The van der Waals surface area contributed by atoms with Crippen LogP contribution in [0.1, 0.15) is 0 Å². The monoisotopic (exact) mass is 219 g/mol. The molecule has 1 unspecified atom stereocenters. The van der Waals surface area contributed by atoms with E-state index in [1.165, 1.54) is 24.5 Å². The lowest BCUT2D eigenvalue weighted by Gasteiger charge is -1.98. The normalized spacial score (nSPS) is 12.5. The summed E-state index contributed by atoms with van der Waals surface area (Å²) in [6.07, 6.45) is 1.47. The molecule has 0 aliphatic carbocycles. The lowest BCUT2D eigenvalue weighted by atomic mass is 10.3. The first-order valence-electron chi connectivity index (χ1n) is 3.29. The van der Waals surface area contributed by atoms with E-state index in [9.17, 15) is 14.3 Å². The van der Waals surface area contributed by atoms with Gasteiger partial charge in [0.15, 0.2) is 0 Å². The zero-order valence-electron chi connectivity index (χ0n) is 6.69. The zero-order chi connectivity index (χ0) is 10.0. The van der Waals surface area contributed by atoms with Gasteiger partial charge >= 0.3 is 0 Å². The SMILES string of the molecule is CS(=O)c1ccc([N+](=O)[O-])cc1Cl. The van der Waals surface area contributed by atoms with Crippen molar-refractivity contribution in [2.75, 3.05) is 6.26 Å². The van der Waals surface area contributed by atoms with Gasteiger partial charge in [-0.1, -0.05) is 11.6 Å². The molecule has 0 spiro atoms. The Bertz CT molecular complexity index is 380. The molecule has 0 N–H and O–H groups in total. The first-order valence-corrected chi connectivity index (χ1v) is 5.23. The van der Waals surface area contributed by atoms with Crippen LogP contribution in [0.3, 0.4) is 0 Å². The summed E-state index contributed by atoms with van der Waals surface area (Å²) in [6, 6.07) is 3.87. The van der Waals surface area contributed by atoms with E-state index in [-0.39, 0.29) is 10.7 Å². The molecule has 0 aromatic heterocycles. The maximum Gasteiger partial charge on any atom is 0.270 e. The van der Waals surface area contributed by atoms with Gasteiger partial charge in [-0.05, 0) is 6.07 Å². The Kier molecular flexibility index (Phi) is 3.00. The first kappa shape index (κ1) is 10.1. The van der Waals surface area contributed by atoms with Crippen LogP contribution in [0.2, 0.25) is 5.02 Å². The van der Waals surface area contributed by atoms with Crippen LogP contribution in [-0.2, 0) is 10.8 Å². The summed E-state index contributed by atoms with van der Waals surface area (Å²) in [4.78, 5) is 10.2. The number of nitrogens with zero attached hydrogens (tertiary/aromatic N) is 1. The number of rotatable bonds is 2. The standard InChI is InChI=1S/C7H6ClNO3S/c1-13(12)7-3-2-5(9(10)11)4-6(7)8/h2-4H,1H3. The highest BCUT2D eigenvalue weighted by atomic mass is 35.5. The van der Waals surface area contributed by atoms with E-state index < -0.39 is 15.7 Å². The maximum absolute atomic E-state index is 11.0. The molecule has 0 radical (unpaired) electrons. The van der Waals surface area contributed by atoms with Gasteiger partial charge < -0.3 is 0 Å². The number of nitro benzene ring substituents is 1. The fourth-order valence-corrected chi connectivity index (χ4v) is 1.93. The quantitative estimate of drug-likeness (QED) is 0.565. The van der Waals surface area contributed by atoms with Crippen LogP contribution in [0.25, 0.3) is 0 Å². The Morgan fingerprint density at radius 2 is 2.15 bits per heavy atom. The molecule has 0 bridgehead atoms. The van der Waals surface area contributed by atoms with Crippen LogP contribution < -0.4 is 0 Å². The van der Waals surface area contributed by atoms with Gasteiger partial charge in [-0.2, -0.15) is 0 Å². The fourth-order valence-electron chi connectivity index (χ4n) is 0.836. The van der Waals surface area contributed by atoms with Crippen LogP contribution in [0.5, 0.6) is 0 Å². The second-order valence-electron chi connectivity index (χ2n) is 2.33. The number of hydrogen-bond acceptors (Lipinski definition) is 3. The van der Waals surface area contributed by atoms with Crippen molar-refractivity contribution in [2.45, 2.75) is 4.90 Å². The predicted molar refractivity (Wildman–Crippen MR) is 50.4 cm³/mol. The Morgan fingerprint density at radius 3 is 2.54 bits per heavy atom. The molecule has 70 valence electrons.